The minimum atomic E-state index is -0.399. The van der Waals surface area contributed by atoms with E-state index in [4.69, 9.17) is 5.73 Å². The Balaban J connectivity index is 1.94. The highest BCUT2D eigenvalue weighted by Gasteiger charge is 2.07. The zero-order valence-corrected chi connectivity index (χ0v) is 12.7. The summed E-state index contributed by atoms with van der Waals surface area (Å²) in [6, 6.07) is 15.0. The molecule has 2 aromatic carbocycles. The molecule has 0 aliphatic heterocycles. The first kappa shape index (κ1) is 15.8. The number of rotatable bonds is 5. The second-order valence-corrected chi connectivity index (χ2v) is 5.06. The van der Waals surface area contributed by atoms with Gasteiger partial charge in [0.25, 0.3) is 0 Å². The Hall–Kier alpha value is -2.57. The van der Waals surface area contributed by atoms with Gasteiger partial charge in [-0.25, -0.2) is 0 Å². The minimum absolute atomic E-state index is 0.101. The van der Waals surface area contributed by atoms with Crippen LogP contribution in [0, 0.1) is 11.8 Å². The lowest BCUT2D eigenvalue weighted by molar-refractivity contribution is -0.117. The van der Waals surface area contributed by atoms with E-state index in [0.29, 0.717) is 0 Å². The summed E-state index contributed by atoms with van der Waals surface area (Å²) in [5.41, 5.74) is 6.29. The molecule has 1 unspecified atom stereocenters. The van der Waals surface area contributed by atoms with Crippen molar-refractivity contribution in [2.75, 3.05) is 6.54 Å². The highest BCUT2D eigenvalue weighted by Crippen LogP contribution is 2.23. The molecule has 0 aliphatic rings. The molecule has 0 heterocycles. The summed E-state index contributed by atoms with van der Waals surface area (Å²) < 4.78 is 0. The lowest BCUT2D eigenvalue weighted by Crippen LogP contribution is -2.18. The number of hydrogen-bond donors (Lipinski definition) is 2. The molecule has 3 N–H and O–H groups in total. The van der Waals surface area contributed by atoms with Gasteiger partial charge in [-0.15, -0.1) is 0 Å². The highest BCUT2D eigenvalue weighted by atomic mass is 16.1. The SMILES string of the molecule is CC(NCC=CC#CCC(N)=O)c1cccc2ccccc12. The molecular weight excluding hydrogens is 272 g/mol. The summed E-state index contributed by atoms with van der Waals surface area (Å²) in [7, 11) is 0. The highest BCUT2D eigenvalue weighted by molar-refractivity contribution is 5.86. The Bertz CT molecular complexity index is 732. The summed E-state index contributed by atoms with van der Waals surface area (Å²) in [5.74, 6) is 5.08. The molecule has 3 heteroatoms. The van der Waals surface area contributed by atoms with Crippen molar-refractivity contribution >= 4 is 16.7 Å². The van der Waals surface area contributed by atoms with Gasteiger partial charge in [0, 0.05) is 12.6 Å². The number of nitrogens with two attached hydrogens (primary N) is 1. The third kappa shape index (κ3) is 4.47. The van der Waals surface area contributed by atoms with E-state index in [9.17, 15) is 4.79 Å². The fraction of sp³-hybridized carbons (Fsp3) is 0.211. The molecule has 0 aromatic heterocycles. The number of primary amides is 1. The molecular formula is C19H20N2O. The monoisotopic (exact) mass is 292 g/mol. The van der Waals surface area contributed by atoms with Crippen LogP contribution in [0.4, 0.5) is 0 Å². The van der Waals surface area contributed by atoms with E-state index < -0.39 is 5.91 Å². The van der Waals surface area contributed by atoms with E-state index in [0.717, 1.165) is 6.54 Å². The molecule has 0 aliphatic carbocycles. The predicted octanol–water partition coefficient (Wildman–Crippen LogP) is 2.93. The zero-order valence-electron chi connectivity index (χ0n) is 12.7. The van der Waals surface area contributed by atoms with Gasteiger partial charge in [0.05, 0.1) is 6.42 Å². The molecule has 22 heavy (non-hydrogen) atoms. The van der Waals surface area contributed by atoms with Gasteiger partial charge in [-0.3, -0.25) is 4.79 Å². The largest absolute Gasteiger partial charge is 0.369 e. The van der Waals surface area contributed by atoms with Crippen molar-refractivity contribution in [2.45, 2.75) is 19.4 Å². The molecule has 0 saturated carbocycles. The Kier molecular flexibility index (Phi) is 5.76. The normalized spacial score (nSPS) is 12.0. The number of amides is 1. The molecule has 2 rings (SSSR count). The van der Waals surface area contributed by atoms with Crippen LogP contribution in [0.25, 0.3) is 10.8 Å². The summed E-state index contributed by atoms with van der Waals surface area (Å²) in [6.45, 7) is 2.87. The summed E-state index contributed by atoms with van der Waals surface area (Å²) >= 11 is 0. The predicted molar refractivity (Wildman–Crippen MR) is 91.1 cm³/mol. The summed E-state index contributed by atoms with van der Waals surface area (Å²) in [4.78, 5) is 10.5. The third-order valence-electron chi connectivity index (χ3n) is 3.40. The second kappa shape index (κ2) is 8.02. The Morgan fingerprint density at radius 1 is 1.27 bits per heavy atom. The van der Waals surface area contributed by atoms with Crippen LogP contribution in [-0.4, -0.2) is 12.5 Å². The average Bonchev–Trinajstić information content (AvgIpc) is 2.53. The molecule has 0 bridgehead atoms. The molecule has 2 aromatic rings. The van der Waals surface area contributed by atoms with E-state index in [1.165, 1.54) is 16.3 Å². The number of allylic oxidation sites excluding steroid dienone is 1. The maximum atomic E-state index is 10.5. The lowest BCUT2D eigenvalue weighted by atomic mass is 10.00. The van der Waals surface area contributed by atoms with Crippen LogP contribution >= 0.6 is 0 Å². The Morgan fingerprint density at radius 2 is 2.05 bits per heavy atom. The van der Waals surface area contributed by atoms with Crippen molar-refractivity contribution in [1.82, 2.24) is 5.32 Å². The van der Waals surface area contributed by atoms with Crippen molar-refractivity contribution in [1.29, 1.82) is 0 Å². The first-order valence-corrected chi connectivity index (χ1v) is 7.31. The number of benzene rings is 2. The van der Waals surface area contributed by atoms with Gasteiger partial charge in [0.15, 0.2) is 0 Å². The van der Waals surface area contributed by atoms with E-state index in [-0.39, 0.29) is 12.5 Å². The fourth-order valence-electron chi connectivity index (χ4n) is 2.30. The van der Waals surface area contributed by atoms with Gasteiger partial charge >= 0.3 is 0 Å². The summed E-state index contributed by atoms with van der Waals surface area (Å²) in [6.07, 6.45) is 3.78. The van der Waals surface area contributed by atoms with Crippen molar-refractivity contribution in [3.05, 3.63) is 60.2 Å². The van der Waals surface area contributed by atoms with Crippen LogP contribution in [-0.2, 0) is 4.79 Å². The quantitative estimate of drug-likeness (QED) is 0.833. The standard InChI is InChI=1S/C19H20N2O/c1-15(21-14-7-3-2-4-13-19(20)22)17-12-8-10-16-9-5-6-11-18(16)17/h3,5-12,15,21H,13-14H2,1H3,(H2,20,22). The van der Waals surface area contributed by atoms with Crippen molar-refractivity contribution < 1.29 is 4.79 Å². The number of nitrogens with one attached hydrogen (secondary N) is 1. The van der Waals surface area contributed by atoms with E-state index >= 15 is 0 Å². The fourth-order valence-corrected chi connectivity index (χ4v) is 2.30. The Morgan fingerprint density at radius 3 is 2.86 bits per heavy atom. The average molecular weight is 292 g/mol. The molecule has 112 valence electrons. The van der Waals surface area contributed by atoms with E-state index in [1.807, 2.05) is 6.08 Å². The van der Waals surface area contributed by atoms with Crippen LogP contribution in [0.5, 0.6) is 0 Å². The van der Waals surface area contributed by atoms with E-state index in [2.05, 4.69) is 66.5 Å². The lowest BCUT2D eigenvalue weighted by Gasteiger charge is -2.15. The van der Waals surface area contributed by atoms with Gasteiger partial charge in [-0.05, 0) is 29.3 Å². The summed E-state index contributed by atoms with van der Waals surface area (Å²) in [5, 5.41) is 5.97. The third-order valence-corrected chi connectivity index (χ3v) is 3.40. The number of carbonyl (C=O) groups is 1. The first-order chi connectivity index (χ1) is 10.7. The van der Waals surface area contributed by atoms with Gasteiger partial charge in [-0.1, -0.05) is 60.4 Å². The van der Waals surface area contributed by atoms with Crippen LogP contribution in [0.1, 0.15) is 24.9 Å². The van der Waals surface area contributed by atoms with Crippen LogP contribution in [0.2, 0.25) is 0 Å². The molecule has 0 saturated heterocycles. The van der Waals surface area contributed by atoms with Gasteiger partial charge < -0.3 is 11.1 Å². The van der Waals surface area contributed by atoms with Gasteiger partial charge in [0.1, 0.15) is 0 Å². The minimum Gasteiger partial charge on any atom is -0.369 e. The Labute approximate surface area is 131 Å². The van der Waals surface area contributed by atoms with Crippen molar-refractivity contribution in [3.63, 3.8) is 0 Å². The first-order valence-electron chi connectivity index (χ1n) is 7.31. The molecule has 3 nitrogen and oxygen atoms in total. The van der Waals surface area contributed by atoms with E-state index in [1.54, 1.807) is 6.08 Å². The van der Waals surface area contributed by atoms with Crippen LogP contribution in [0.3, 0.4) is 0 Å². The maximum absolute atomic E-state index is 10.5. The smallest absolute Gasteiger partial charge is 0.229 e. The van der Waals surface area contributed by atoms with Gasteiger partial charge in [0.2, 0.25) is 5.91 Å². The molecule has 0 fully saturated rings. The molecule has 0 radical (unpaired) electrons. The molecule has 1 atom stereocenters. The van der Waals surface area contributed by atoms with Crippen LogP contribution < -0.4 is 11.1 Å². The van der Waals surface area contributed by atoms with Gasteiger partial charge in [-0.2, -0.15) is 0 Å². The van der Waals surface area contributed by atoms with Crippen molar-refractivity contribution in [3.8, 4) is 11.8 Å². The number of fused-ring (bicyclic) bond motifs is 1. The molecule has 0 spiro atoms. The number of carbonyl (C=O) groups excluding carboxylic acids is 1. The maximum Gasteiger partial charge on any atom is 0.229 e. The molecule has 1 amide bonds. The van der Waals surface area contributed by atoms with Crippen molar-refractivity contribution in [2.24, 2.45) is 5.73 Å². The van der Waals surface area contributed by atoms with Crippen LogP contribution in [0.15, 0.2) is 54.6 Å². The topological polar surface area (TPSA) is 55.1 Å². The number of hydrogen-bond acceptors (Lipinski definition) is 2. The second-order valence-electron chi connectivity index (χ2n) is 5.06. The zero-order chi connectivity index (χ0) is 15.8.